The van der Waals surface area contributed by atoms with Gasteiger partial charge in [-0.2, -0.15) is 0 Å². The Bertz CT molecular complexity index is 630. The molecule has 0 heterocycles. The zero-order chi connectivity index (χ0) is 20.6. The molecule has 0 saturated carbocycles. The highest BCUT2D eigenvalue weighted by atomic mass is 16.5. The molecule has 2 N–H and O–H groups in total. The largest absolute Gasteiger partial charge is 0.467 e. The number of esters is 1. The summed E-state index contributed by atoms with van der Waals surface area (Å²) in [7, 11) is 2.89. The second-order valence-corrected chi connectivity index (χ2v) is 7.22. The van der Waals surface area contributed by atoms with Gasteiger partial charge in [-0.3, -0.25) is 9.59 Å². The lowest BCUT2D eigenvalue weighted by Crippen LogP contribution is -2.47. The molecule has 0 aliphatic carbocycles. The van der Waals surface area contributed by atoms with Crippen molar-refractivity contribution in [3.05, 3.63) is 35.9 Å². The summed E-state index contributed by atoms with van der Waals surface area (Å²) in [4.78, 5) is 39.0. The van der Waals surface area contributed by atoms with E-state index in [1.807, 2.05) is 51.1 Å². The Morgan fingerprint density at radius 1 is 1.15 bits per heavy atom. The molecular formula is C21H32N2O4. The van der Waals surface area contributed by atoms with Crippen LogP contribution in [0, 0.1) is 11.8 Å². The van der Waals surface area contributed by atoms with Gasteiger partial charge in [0.25, 0.3) is 0 Å². The third-order valence-corrected chi connectivity index (χ3v) is 4.94. The maximum atomic E-state index is 13.0. The molecule has 6 nitrogen and oxygen atoms in total. The van der Waals surface area contributed by atoms with Crippen LogP contribution < -0.4 is 5.73 Å². The molecule has 0 aliphatic heterocycles. The first-order chi connectivity index (χ1) is 12.7. The Balaban J connectivity index is 2.94. The van der Waals surface area contributed by atoms with Crippen LogP contribution in [0.15, 0.2) is 30.3 Å². The van der Waals surface area contributed by atoms with Crippen LogP contribution in [0.1, 0.15) is 39.2 Å². The highest BCUT2D eigenvalue weighted by Crippen LogP contribution is 2.18. The van der Waals surface area contributed by atoms with Crippen molar-refractivity contribution < 1.29 is 19.1 Å². The Labute approximate surface area is 162 Å². The number of rotatable bonds is 10. The maximum absolute atomic E-state index is 13.0. The van der Waals surface area contributed by atoms with Gasteiger partial charge in [0.05, 0.1) is 13.2 Å². The van der Waals surface area contributed by atoms with E-state index in [-0.39, 0.29) is 24.0 Å². The number of carbonyl (C=O) groups is 3. The van der Waals surface area contributed by atoms with Crippen molar-refractivity contribution in [3.63, 3.8) is 0 Å². The molecule has 1 aromatic carbocycles. The summed E-state index contributed by atoms with van der Waals surface area (Å²) in [5.41, 5.74) is 6.85. The Morgan fingerprint density at radius 3 is 2.22 bits per heavy atom. The molecule has 1 rings (SSSR count). The smallest absolute Gasteiger partial charge is 0.328 e. The topological polar surface area (TPSA) is 89.7 Å². The molecule has 0 aliphatic rings. The van der Waals surface area contributed by atoms with Crippen LogP contribution in [0.4, 0.5) is 0 Å². The maximum Gasteiger partial charge on any atom is 0.328 e. The first-order valence-electron chi connectivity index (χ1n) is 9.39. The molecule has 0 bridgehead atoms. The third-order valence-electron chi connectivity index (χ3n) is 4.94. The number of amides is 1. The van der Waals surface area contributed by atoms with Crippen LogP contribution in [-0.2, 0) is 25.5 Å². The van der Waals surface area contributed by atoms with Crippen molar-refractivity contribution >= 4 is 17.7 Å². The van der Waals surface area contributed by atoms with E-state index in [9.17, 15) is 14.4 Å². The van der Waals surface area contributed by atoms with Crippen molar-refractivity contribution in [2.75, 3.05) is 14.2 Å². The van der Waals surface area contributed by atoms with E-state index < -0.39 is 24.0 Å². The van der Waals surface area contributed by atoms with Gasteiger partial charge in [0, 0.05) is 25.8 Å². The fourth-order valence-corrected chi connectivity index (χ4v) is 2.95. The number of benzene rings is 1. The third kappa shape index (κ3) is 6.47. The van der Waals surface area contributed by atoms with Crippen LogP contribution >= 0.6 is 0 Å². The van der Waals surface area contributed by atoms with Crippen molar-refractivity contribution in [1.29, 1.82) is 0 Å². The van der Waals surface area contributed by atoms with Gasteiger partial charge in [0.2, 0.25) is 5.91 Å². The second-order valence-electron chi connectivity index (χ2n) is 7.22. The lowest BCUT2D eigenvalue weighted by Gasteiger charge is -2.30. The van der Waals surface area contributed by atoms with Crippen molar-refractivity contribution in [1.82, 2.24) is 4.90 Å². The molecule has 1 aromatic rings. The number of nitrogens with two attached hydrogens (primary N) is 1. The van der Waals surface area contributed by atoms with Crippen molar-refractivity contribution in [3.8, 4) is 0 Å². The predicted octanol–water partition coefficient (Wildman–Crippen LogP) is 2.20. The number of hydrogen-bond donors (Lipinski definition) is 1. The molecule has 1 amide bonds. The number of hydrogen-bond acceptors (Lipinski definition) is 5. The van der Waals surface area contributed by atoms with E-state index in [4.69, 9.17) is 10.5 Å². The first-order valence-corrected chi connectivity index (χ1v) is 9.39. The van der Waals surface area contributed by atoms with E-state index >= 15 is 0 Å². The summed E-state index contributed by atoms with van der Waals surface area (Å²) in [5.74, 6) is -1.34. The Hall–Kier alpha value is -2.21. The van der Waals surface area contributed by atoms with Gasteiger partial charge >= 0.3 is 5.97 Å². The van der Waals surface area contributed by atoms with Gasteiger partial charge < -0.3 is 15.4 Å². The van der Waals surface area contributed by atoms with Crippen LogP contribution in [0.3, 0.4) is 0 Å². The summed E-state index contributed by atoms with van der Waals surface area (Å²) >= 11 is 0. The van der Waals surface area contributed by atoms with Crippen molar-refractivity contribution in [2.24, 2.45) is 17.6 Å². The molecular weight excluding hydrogens is 344 g/mol. The van der Waals surface area contributed by atoms with Crippen LogP contribution in [0.2, 0.25) is 0 Å². The molecule has 0 aromatic heterocycles. The quantitative estimate of drug-likeness (QED) is 0.632. The zero-order valence-electron chi connectivity index (χ0n) is 17.0. The summed E-state index contributed by atoms with van der Waals surface area (Å²) in [6.07, 6.45) is 0.933. The van der Waals surface area contributed by atoms with Gasteiger partial charge in [0.15, 0.2) is 5.78 Å². The van der Waals surface area contributed by atoms with Crippen molar-refractivity contribution in [2.45, 2.75) is 52.1 Å². The summed E-state index contributed by atoms with van der Waals surface area (Å²) < 4.78 is 4.90. The standard InChI is InChI=1S/C21H32N2O4/c1-6-16(13-18(24)19(22)14(2)3)20(25)23(4)17(21(26)27-5)12-15-10-8-7-9-11-15/h7-11,14,16-17,19H,6,12-13,22H2,1-5H3/t16-,17+,19+/m1/s1. The average molecular weight is 376 g/mol. The molecule has 3 atom stereocenters. The molecule has 150 valence electrons. The van der Waals surface area contributed by atoms with Gasteiger partial charge in [0.1, 0.15) is 6.04 Å². The van der Waals surface area contributed by atoms with Gasteiger partial charge in [-0.25, -0.2) is 4.79 Å². The molecule has 6 heteroatoms. The highest BCUT2D eigenvalue weighted by Gasteiger charge is 2.33. The zero-order valence-corrected chi connectivity index (χ0v) is 17.0. The first kappa shape index (κ1) is 22.8. The van der Waals surface area contributed by atoms with Gasteiger partial charge in [-0.1, -0.05) is 51.1 Å². The van der Waals surface area contributed by atoms with E-state index in [0.29, 0.717) is 12.8 Å². The number of nitrogens with zero attached hydrogens (tertiary/aromatic N) is 1. The minimum absolute atomic E-state index is 0.0173. The molecule has 0 fully saturated rings. The SMILES string of the molecule is CC[C@H](CC(=O)[C@@H](N)C(C)C)C(=O)N(C)[C@@H](Cc1ccccc1)C(=O)OC. The molecule has 27 heavy (non-hydrogen) atoms. The van der Waals surface area contributed by atoms with Gasteiger partial charge in [-0.05, 0) is 17.9 Å². The second kappa shape index (κ2) is 10.8. The van der Waals surface area contributed by atoms with E-state index in [1.54, 1.807) is 7.05 Å². The molecule has 0 spiro atoms. The van der Waals surface area contributed by atoms with Crippen LogP contribution in [0.25, 0.3) is 0 Å². The minimum atomic E-state index is -0.743. The molecule has 0 unspecified atom stereocenters. The van der Waals surface area contributed by atoms with E-state index in [0.717, 1.165) is 5.56 Å². The number of ether oxygens (including phenoxy) is 1. The Morgan fingerprint density at radius 2 is 1.74 bits per heavy atom. The predicted molar refractivity (Wildman–Crippen MR) is 105 cm³/mol. The molecule has 0 saturated heterocycles. The fourth-order valence-electron chi connectivity index (χ4n) is 2.95. The number of ketones is 1. The fraction of sp³-hybridized carbons (Fsp3) is 0.571. The number of likely N-dealkylation sites (N-methyl/N-ethyl adjacent to an activating group) is 1. The lowest BCUT2D eigenvalue weighted by atomic mass is 9.90. The van der Waals surface area contributed by atoms with E-state index in [2.05, 4.69) is 0 Å². The summed E-state index contributed by atoms with van der Waals surface area (Å²) in [5, 5.41) is 0. The molecule has 0 radical (unpaired) electrons. The van der Waals surface area contributed by atoms with Gasteiger partial charge in [-0.15, -0.1) is 0 Å². The van der Waals surface area contributed by atoms with Crippen LogP contribution in [0.5, 0.6) is 0 Å². The lowest BCUT2D eigenvalue weighted by molar-refractivity contribution is -0.153. The minimum Gasteiger partial charge on any atom is -0.467 e. The van der Waals surface area contributed by atoms with Crippen LogP contribution in [-0.4, -0.2) is 48.8 Å². The summed E-state index contributed by atoms with van der Waals surface area (Å²) in [6, 6.07) is 8.12. The monoisotopic (exact) mass is 376 g/mol. The number of Topliss-reactive ketones (excluding diaryl/α,β-unsaturated/α-hetero) is 1. The summed E-state index contributed by atoms with van der Waals surface area (Å²) in [6.45, 7) is 5.62. The normalized spacial score (nSPS) is 14.3. The number of methoxy groups -OCH3 is 1. The van der Waals surface area contributed by atoms with E-state index in [1.165, 1.54) is 12.0 Å². The number of carbonyl (C=O) groups excluding carboxylic acids is 3. The Kier molecular flexibility index (Phi) is 9.15. The highest BCUT2D eigenvalue weighted by molar-refractivity contribution is 5.91. The average Bonchev–Trinajstić information content (AvgIpc) is 2.68.